The lowest BCUT2D eigenvalue weighted by Crippen LogP contribution is -2.39. The van der Waals surface area contributed by atoms with Crippen molar-refractivity contribution in [3.05, 3.63) is 59.0 Å². The van der Waals surface area contributed by atoms with Gasteiger partial charge in [0.2, 0.25) is 11.6 Å². The first-order valence-corrected chi connectivity index (χ1v) is 10.4. The molecule has 4 rings (SSSR count). The lowest BCUT2D eigenvalue weighted by Gasteiger charge is -2.30. The van der Waals surface area contributed by atoms with E-state index in [-0.39, 0.29) is 5.76 Å². The van der Waals surface area contributed by atoms with E-state index in [9.17, 15) is 14.4 Å². The van der Waals surface area contributed by atoms with Crippen LogP contribution in [0.15, 0.2) is 47.1 Å². The molecule has 1 aromatic heterocycles. The number of nitrogens with zero attached hydrogens (tertiary/aromatic N) is 2. The van der Waals surface area contributed by atoms with Crippen LogP contribution in [0, 0.1) is 5.92 Å². The molecule has 2 aliphatic heterocycles. The van der Waals surface area contributed by atoms with Crippen LogP contribution in [-0.4, -0.2) is 66.7 Å². The van der Waals surface area contributed by atoms with E-state index in [1.165, 1.54) is 17.2 Å². The summed E-state index contributed by atoms with van der Waals surface area (Å²) >= 11 is 6.02. The van der Waals surface area contributed by atoms with Gasteiger partial charge in [-0.25, -0.2) is 0 Å². The van der Waals surface area contributed by atoms with Crippen LogP contribution in [0.4, 0.5) is 0 Å². The summed E-state index contributed by atoms with van der Waals surface area (Å²) in [5, 5.41) is 0.544. The van der Waals surface area contributed by atoms with E-state index in [0.717, 1.165) is 19.6 Å². The summed E-state index contributed by atoms with van der Waals surface area (Å²) in [7, 11) is 0. The molecule has 2 fully saturated rings. The van der Waals surface area contributed by atoms with Crippen LogP contribution in [0.5, 0.6) is 0 Å². The Kier molecular flexibility index (Phi) is 6.32. The van der Waals surface area contributed by atoms with E-state index < -0.39 is 29.4 Å². The van der Waals surface area contributed by atoms with Crippen molar-refractivity contribution in [1.82, 2.24) is 9.80 Å². The van der Waals surface area contributed by atoms with Crippen molar-refractivity contribution in [3.8, 4) is 0 Å². The third kappa shape index (κ3) is 4.19. The van der Waals surface area contributed by atoms with Crippen molar-refractivity contribution >= 4 is 29.1 Å². The normalized spacial score (nSPS) is 22.6. The van der Waals surface area contributed by atoms with Crippen LogP contribution in [0.25, 0.3) is 0 Å². The smallest absolute Gasteiger partial charge is 0.291 e. The highest BCUT2D eigenvalue weighted by Gasteiger charge is 2.52. The maximum atomic E-state index is 13.0. The average Bonchev–Trinajstić information content (AvgIpc) is 3.38. The number of Topliss-reactive ketones (excluding diaryl/α,β-unsaturated/α-hetero) is 2. The second kappa shape index (κ2) is 9.12. The fourth-order valence-corrected chi connectivity index (χ4v) is 4.25. The van der Waals surface area contributed by atoms with Crippen molar-refractivity contribution in [3.63, 3.8) is 0 Å². The van der Waals surface area contributed by atoms with Crippen LogP contribution in [-0.2, 0) is 14.3 Å². The Bertz CT molecular complexity index is 906. The number of ketones is 2. The van der Waals surface area contributed by atoms with Gasteiger partial charge in [0.15, 0.2) is 5.76 Å². The van der Waals surface area contributed by atoms with E-state index in [2.05, 4.69) is 4.90 Å². The van der Waals surface area contributed by atoms with E-state index >= 15 is 0 Å². The number of hydrogen-bond donors (Lipinski definition) is 0. The molecule has 7 nitrogen and oxygen atoms in total. The van der Waals surface area contributed by atoms with Crippen molar-refractivity contribution < 1.29 is 23.5 Å². The number of halogens is 1. The number of carbonyl (C=O) groups excluding carboxylic acids is 3. The molecule has 2 atom stereocenters. The molecule has 0 radical (unpaired) electrons. The molecule has 0 saturated carbocycles. The van der Waals surface area contributed by atoms with E-state index in [0.29, 0.717) is 36.8 Å². The zero-order chi connectivity index (χ0) is 21.1. The summed E-state index contributed by atoms with van der Waals surface area (Å²) in [5.41, 5.74) is 0.704. The fourth-order valence-electron chi connectivity index (χ4n) is 4.12. The Hall–Kier alpha value is -2.48. The molecule has 3 heterocycles. The average molecular weight is 431 g/mol. The first-order valence-electron chi connectivity index (χ1n) is 10.0. The van der Waals surface area contributed by atoms with Crippen LogP contribution in [0.3, 0.4) is 0 Å². The SMILES string of the molecule is O=C1C(=O)N(CCCN2CCOCC2)C(c2ccc(Cl)cc2)C1C(=O)c1ccco1. The molecule has 2 saturated heterocycles. The molecule has 30 heavy (non-hydrogen) atoms. The van der Waals surface area contributed by atoms with Gasteiger partial charge in [-0.15, -0.1) is 0 Å². The van der Waals surface area contributed by atoms with E-state index in [4.69, 9.17) is 20.8 Å². The third-order valence-electron chi connectivity index (χ3n) is 5.64. The summed E-state index contributed by atoms with van der Waals surface area (Å²) in [4.78, 5) is 42.6. The predicted octanol–water partition coefficient (Wildman–Crippen LogP) is 2.61. The Morgan fingerprint density at radius 3 is 2.47 bits per heavy atom. The number of rotatable bonds is 7. The number of likely N-dealkylation sites (tertiary alicyclic amines) is 1. The first-order chi connectivity index (χ1) is 14.6. The Morgan fingerprint density at radius 2 is 1.80 bits per heavy atom. The Labute approximate surface area is 179 Å². The van der Waals surface area contributed by atoms with Crippen LogP contribution < -0.4 is 0 Å². The van der Waals surface area contributed by atoms with Gasteiger partial charge in [-0.2, -0.15) is 0 Å². The lowest BCUT2D eigenvalue weighted by atomic mass is 9.88. The summed E-state index contributed by atoms with van der Waals surface area (Å²) < 4.78 is 10.6. The highest BCUT2D eigenvalue weighted by atomic mass is 35.5. The second-order valence-corrected chi connectivity index (χ2v) is 7.92. The van der Waals surface area contributed by atoms with Gasteiger partial charge in [0.25, 0.3) is 5.91 Å². The molecule has 0 bridgehead atoms. The summed E-state index contributed by atoms with van der Waals surface area (Å²) in [5.74, 6) is -2.85. The summed E-state index contributed by atoms with van der Waals surface area (Å²) in [6, 6.07) is 9.35. The second-order valence-electron chi connectivity index (χ2n) is 7.49. The third-order valence-corrected chi connectivity index (χ3v) is 5.89. The monoisotopic (exact) mass is 430 g/mol. The van der Waals surface area contributed by atoms with Crippen molar-refractivity contribution in [2.75, 3.05) is 39.4 Å². The Balaban J connectivity index is 1.58. The number of morpholine rings is 1. The summed E-state index contributed by atoms with van der Waals surface area (Å²) in [6.45, 7) is 4.30. The number of benzene rings is 1. The van der Waals surface area contributed by atoms with Gasteiger partial charge in [-0.05, 0) is 36.2 Å². The molecule has 1 aromatic carbocycles. The number of carbonyl (C=O) groups is 3. The van der Waals surface area contributed by atoms with Gasteiger partial charge in [-0.1, -0.05) is 23.7 Å². The van der Waals surface area contributed by atoms with Crippen molar-refractivity contribution in [2.45, 2.75) is 12.5 Å². The zero-order valence-corrected chi connectivity index (χ0v) is 17.2. The number of amides is 1. The molecule has 1 amide bonds. The molecular weight excluding hydrogens is 408 g/mol. The predicted molar refractivity (Wildman–Crippen MR) is 109 cm³/mol. The fraction of sp³-hybridized carbons (Fsp3) is 0.409. The number of ether oxygens (including phenoxy) is 1. The van der Waals surface area contributed by atoms with E-state index in [1.54, 1.807) is 30.3 Å². The maximum absolute atomic E-state index is 13.0. The highest BCUT2D eigenvalue weighted by Crippen LogP contribution is 2.38. The van der Waals surface area contributed by atoms with Gasteiger partial charge < -0.3 is 14.1 Å². The lowest BCUT2D eigenvalue weighted by molar-refractivity contribution is -0.140. The molecule has 0 aliphatic carbocycles. The summed E-state index contributed by atoms with van der Waals surface area (Å²) in [6.07, 6.45) is 2.08. The molecule has 2 aliphatic rings. The van der Waals surface area contributed by atoms with Gasteiger partial charge in [0, 0.05) is 31.2 Å². The standard InChI is InChI=1S/C22H23ClN2O5/c23-16-6-4-15(5-7-16)19-18(20(26)17-3-1-12-30-17)21(27)22(28)25(19)9-2-8-24-10-13-29-14-11-24/h1,3-7,12,18-19H,2,8-11,13-14H2. The molecule has 2 aromatic rings. The number of hydrogen-bond acceptors (Lipinski definition) is 6. The van der Waals surface area contributed by atoms with Gasteiger partial charge in [0.05, 0.1) is 25.5 Å². The van der Waals surface area contributed by atoms with E-state index in [1.807, 2.05) is 0 Å². The van der Waals surface area contributed by atoms with Crippen molar-refractivity contribution in [1.29, 1.82) is 0 Å². The van der Waals surface area contributed by atoms with Gasteiger partial charge in [-0.3, -0.25) is 19.3 Å². The zero-order valence-electron chi connectivity index (χ0n) is 16.5. The molecule has 8 heteroatoms. The minimum atomic E-state index is -1.13. The maximum Gasteiger partial charge on any atom is 0.291 e. The minimum absolute atomic E-state index is 0.0790. The molecule has 2 unspecified atom stereocenters. The van der Waals surface area contributed by atoms with Crippen LogP contribution in [0.1, 0.15) is 28.6 Å². The Morgan fingerprint density at radius 1 is 1.07 bits per heavy atom. The van der Waals surface area contributed by atoms with Crippen LogP contribution in [0.2, 0.25) is 5.02 Å². The number of furan rings is 1. The first kappa shape index (κ1) is 20.8. The molecule has 158 valence electrons. The quantitative estimate of drug-likeness (QED) is 0.381. The topological polar surface area (TPSA) is 80.1 Å². The van der Waals surface area contributed by atoms with Gasteiger partial charge >= 0.3 is 0 Å². The van der Waals surface area contributed by atoms with Gasteiger partial charge in [0.1, 0.15) is 5.92 Å². The molecule has 0 spiro atoms. The largest absolute Gasteiger partial charge is 0.461 e. The van der Waals surface area contributed by atoms with Crippen LogP contribution >= 0.6 is 11.6 Å². The minimum Gasteiger partial charge on any atom is -0.461 e. The van der Waals surface area contributed by atoms with Crippen molar-refractivity contribution in [2.24, 2.45) is 5.92 Å². The molecular formula is C22H23ClN2O5. The highest BCUT2D eigenvalue weighted by molar-refractivity contribution is 6.43. The molecule has 0 N–H and O–H groups in total.